The van der Waals surface area contributed by atoms with E-state index in [0.717, 1.165) is 18.4 Å². The molecule has 2 aromatic rings. The lowest BCUT2D eigenvalue weighted by Gasteiger charge is -2.38. The first-order valence-electron chi connectivity index (χ1n) is 11.0. The van der Waals surface area contributed by atoms with Gasteiger partial charge in [-0.25, -0.2) is 9.78 Å². The Morgan fingerprint density at radius 3 is 2.58 bits per heavy atom. The topological polar surface area (TPSA) is 114 Å². The summed E-state index contributed by atoms with van der Waals surface area (Å²) in [5.41, 5.74) is 1.28. The van der Waals surface area contributed by atoms with Crippen molar-refractivity contribution < 1.29 is 4.79 Å². The summed E-state index contributed by atoms with van der Waals surface area (Å²) < 4.78 is 0. The molecule has 1 aliphatic heterocycles. The molecule has 8 nitrogen and oxygen atoms in total. The third-order valence-corrected chi connectivity index (χ3v) is 6.10. The molecule has 2 fully saturated rings. The number of carbonyl (C=O) groups is 1. The molecule has 1 saturated carbocycles. The molecule has 4 N–H and O–H groups in total. The van der Waals surface area contributed by atoms with Crippen LogP contribution in [0.1, 0.15) is 61.9 Å². The van der Waals surface area contributed by atoms with Crippen molar-refractivity contribution in [2.45, 2.75) is 57.5 Å². The van der Waals surface area contributed by atoms with Gasteiger partial charge in [0, 0.05) is 31.4 Å². The van der Waals surface area contributed by atoms with E-state index in [-0.39, 0.29) is 29.3 Å². The number of likely N-dealkylation sites (tertiary alicyclic amines) is 1. The molecular weight excluding hydrogens is 392 g/mol. The maximum atomic E-state index is 12.7. The highest BCUT2D eigenvalue weighted by Gasteiger charge is 2.34. The summed E-state index contributed by atoms with van der Waals surface area (Å²) in [6.07, 6.45) is 5.69. The van der Waals surface area contributed by atoms with E-state index < -0.39 is 0 Å². The predicted molar refractivity (Wildman–Crippen MR) is 121 cm³/mol. The minimum atomic E-state index is -0.289. The standard InChI is InChI=1S/C23H30N6O2/c1-15(24)19-21(26-18-10-6-3-7-11-18)27-20(28-22(19)30)17-13-29(14-17)23(31)25-12-16-8-4-2-5-9-16/h2,4-5,8-9,17-18,24H,3,6-7,10-14H2,1H3,(H,25,31)(H2,26,27,28,30). The zero-order valence-corrected chi connectivity index (χ0v) is 17.9. The molecule has 1 aliphatic carbocycles. The van der Waals surface area contributed by atoms with Gasteiger partial charge in [0.15, 0.2) is 0 Å². The molecule has 1 aromatic carbocycles. The molecule has 0 radical (unpaired) electrons. The number of rotatable bonds is 6. The Labute approximate surface area is 182 Å². The van der Waals surface area contributed by atoms with Crippen LogP contribution in [0.4, 0.5) is 10.6 Å². The Hall–Kier alpha value is -3.16. The molecule has 0 unspecified atom stereocenters. The summed E-state index contributed by atoms with van der Waals surface area (Å²) in [6.45, 7) is 3.11. The Balaban J connectivity index is 1.41. The summed E-state index contributed by atoms with van der Waals surface area (Å²) in [5.74, 6) is 1.08. The van der Waals surface area contributed by atoms with E-state index in [9.17, 15) is 9.59 Å². The molecule has 2 aliphatic rings. The fourth-order valence-electron chi connectivity index (χ4n) is 4.28. The minimum Gasteiger partial charge on any atom is -0.367 e. The molecular formula is C23H30N6O2. The number of H-pyrrole nitrogens is 1. The van der Waals surface area contributed by atoms with Crippen LogP contribution in [0.3, 0.4) is 0 Å². The van der Waals surface area contributed by atoms with Crippen molar-refractivity contribution in [1.82, 2.24) is 20.2 Å². The average Bonchev–Trinajstić information content (AvgIpc) is 2.72. The molecule has 31 heavy (non-hydrogen) atoms. The Morgan fingerprint density at radius 1 is 1.19 bits per heavy atom. The Bertz CT molecular complexity index is 991. The number of benzene rings is 1. The summed E-state index contributed by atoms with van der Waals surface area (Å²) in [7, 11) is 0. The third-order valence-electron chi connectivity index (χ3n) is 6.10. The zero-order valence-electron chi connectivity index (χ0n) is 17.9. The smallest absolute Gasteiger partial charge is 0.317 e. The van der Waals surface area contributed by atoms with Gasteiger partial charge in [-0.05, 0) is 25.3 Å². The molecule has 8 heteroatoms. The van der Waals surface area contributed by atoms with E-state index in [1.54, 1.807) is 11.8 Å². The molecule has 4 rings (SSSR count). The van der Waals surface area contributed by atoms with E-state index in [4.69, 9.17) is 10.4 Å². The highest BCUT2D eigenvalue weighted by molar-refractivity contribution is 6.00. The Kier molecular flexibility index (Phi) is 6.34. The van der Waals surface area contributed by atoms with E-state index in [1.807, 2.05) is 30.3 Å². The van der Waals surface area contributed by atoms with Gasteiger partial charge in [0.1, 0.15) is 17.2 Å². The lowest BCUT2D eigenvalue weighted by atomic mass is 9.95. The lowest BCUT2D eigenvalue weighted by Crippen LogP contribution is -2.53. The van der Waals surface area contributed by atoms with Gasteiger partial charge in [0.05, 0.1) is 5.92 Å². The lowest BCUT2D eigenvalue weighted by molar-refractivity contribution is 0.148. The summed E-state index contributed by atoms with van der Waals surface area (Å²) in [5, 5.41) is 14.4. The van der Waals surface area contributed by atoms with Gasteiger partial charge in [-0.1, -0.05) is 49.6 Å². The summed E-state index contributed by atoms with van der Waals surface area (Å²) in [6, 6.07) is 9.96. The van der Waals surface area contributed by atoms with Crippen LogP contribution in [0, 0.1) is 5.41 Å². The van der Waals surface area contributed by atoms with Crippen LogP contribution in [-0.4, -0.2) is 45.7 Å². The van der Waals surface area contributed by atoms with Crippen LogP contribution in [0.5, 0.6) is 0 Å². The van der Waals surface area contributed by atoms with Gasteiger partial charge in [-0.15, -0.1) is 0 Å². The van der Waals surface area contributed by atoms with E-state index in [0.29, 0.717) is 36.8 Å². The largest absolute Gasteiger partial charge is 0.367 e. The number of aromatic amines is 1. The number of urea groups is 1. The SMILES string of the molecule is CC(=N)c1c(NC2CCCCC2)nc(C2CN(C(=O)NCc3ccccc3)C2)[nH]c1=O. The molecule has 0 spiro atoms. The second-order valence-electron chi connectivity index (χ2n) is 8.53. The zero-order chi connectivity index (χ0) is 21.8. The van der Waals surface area contributed by atoms with Crippen LogP contribution in [-0.2, 0) is 6.54 Å². The van der Waals surface area contributed by atoms with E-state index in [2.05, 4.69) is 15.6 Å². The number of hydrogen-bond donors (Lipinski definition) is 4. The number of carbonyl (C=O) groups excluding carboxylic acids is 1. The Morgan fingerprint density at radius 2 is 1.90 bits per heavy atom. The molecule has 2 amide bonds. The predicted octanol–water partition coefficient (Wildman–Crippen LogP) is 3.21. The minimum absolute atomic E-state index is 0.0119. The highest BCUT2D eigenvalue weighted by atomic mass is 16.2. The fourth-order valence-corrected chi connectivity index (χ4v) is 4.28. The van der Waals surface area contributed by atoms with Crippen molar-refractivity contribution in [3.05, 3.63) is 57.6 Å². The number of nitrogens with one attached hydrogen (secondary N) is 4. The summed E-state index contributed by atoms with van der Waals surface area (Å²) >= 11 is 0. The molecule has 164 valence electrons. The number of amides is 2. The van der Waals surface area contributed by atoms with Crippen molar-refractivity contribution in [3.63, 3.8) is 0 Å². The number of aromatic nitrogens is 2. The van der Waals surface area contributed by atoms with Gasteiger partial charge >= 0.3 is 6.03 Å². The van der Waals surface area contributed by atoms with Crippen LogP contribution in [0.15, 0.2) is 35.1 Å². The van der Waals surface area contributed by atoms with Crippen molar-refractivity contribution >= 4 is 17.6 Å². The van der Waals surface area contributed by atoms with E-state index >= 15 is 0 Å². The van der Waals surface area contributed by atoms with Crippen LogP contribution >= 0.6 is 0 Å². The molecule has 0 atom stereocenters. The average molecular weight is 423 g/mol. The van der Waals surface area contributed by atoms with Crippen LogP contribution < -0.4 is 16.2 Å². The maximum absolute atomic E-state index is 12.7. The fraction of sp³-hybridized carbons (Fsp3) is 0.478. The first kappa shape index (κ1) is 21.1. The normalized spacial score (nSPS) is 17.1. The van der Waals surface area contributed by atoms with E-state index in [1.165, 1.54) is 19.3 Å². The highest BCUT2D eigenvalue weighted by Crippen LogP contribution is 2.27. The van der Waals surface area contributed by atoms with Gasteiger partial charge < -0.3 is 25.9 Å². The van der Waals surface area contributed by atoms with Crippen LogP contribution in [0.25, 0.3) is 0 Å². The van der Waals surface area contributed by atoms with Gasteiger partial charge in [-0.2, -0.15) is 0 Å². The number of anilines is 1. The second-order valence-corrected chi connectivity index (χ2v) is 8.53. The first-order valence-corrected chi connectivity index (χ1v) is 11.0. The van der Waals surface area contributed by atoms with Gasteiger partial charge in [0.25, 0.3) is 5.56 Å². The number of nitrogens with zero attached hydrogens (tertiary/aromatic N) is 2. The van der Waals surface area contributed by atoms with Gasteiger partial charge in [0.2, 0.25) is 0 Å². The van der Waals surface area contributed by atoms with Crippen molar-refractivity contribution in [2.75, 3.05) is 18.4 Å². The van der Waals surface area contributed by atoms with Crippen LogP contribution in [0.2, 0.25) is 0 Å². The maximum Gasteiger partial charge on any atom is 0.317 e. The quantitative estimate of drug-likeness (QED) is 0.535. The molecule has 1 saturated heterocycles. The number of hydrogen-bond acceptors (Lipinski definition) is 5. The molecule has 2 heterocycles. The van der Waals surface area contributed by atoms with Crippen molar-refractivity contribution in [2.24, 2.45) is 0 Å². The van der Waals surface area contributed by atoms with Crippen molar-refractivity contribution in [3.8, 4) is 0 Å². The van der Waals surface area contributed by atoms with Gasteiger partial charge in [-0.3, -0.25) is 4.79 Å². The first-order chi connectivity index (χ1) is 15.0. The molecule has 0 bridgehead atoms. The molecule has 1 aromatic heterocycles. The third kappa shape index (κ3) is 4.95. The summed E-state index contributed by atoms with van der Waals surface area (Å²) in [4.78, 5) is 34.4. The van der Waals surface area contributed by atoms with Crippen molar-refractivity contribution in [1.29, 1.82) is 5.41 Å². The second kappa shape index (κ2) is 9.32. The monoisotopic (exact) mass is 422 g/mol.